The van der Waals surface area contributed by atoms with Crippen LogP contribution in [0.4, 0.5) is 0 Å². The van der Waals surface area contributed by atoms with Crippen LogP contribution in [0.5, 0.6) is 17.2 Å². The molecule has 0 saturated carbocycles. The first-order valence-electron chi connectivity index (χ1n) is 12.3. The maximum atomic E-state index is 13.6. The molecule has 2 aromatic rings. The van der Waals surface area contributed by atoms with Crippen molar-refractivity contribution in [2.24, 2.45) is 11.5 Å². The van der Waals surface area contributed by atoms with E-state index in [1.165, 1.54) is 26.2 Å². The molecule has 38 heavy (non-hydrogen) atoms. The molecule has 5 rings (SSSR count). The Morgan fingerprint density at radius 2 is 1.79 bits per heavy atom. The number of hydrogen-bond donors (Lipinski definition) is 6. The normalized spacial score (nSPS) is 31.0. The highest BCUT2D eigenvalue weighted by Gasteiger charge is 2.50. The number of rotatable bonds is 3. The van der Waals surface area contributed by atoms with E-state index in [0.717, 1.165) is 0 Å². The highest BCUT2D eigenvalue weighted by molar-refractivity contribution is 6.31. The summed E-state index contributed by atoms with van der Waals surface area (Å²) in [5.41, 5.74) is 11.4. The first-order chi connectivity index (χ1) is 17.4. The highest BCUT2D eigenvalue weighted by atomic mass is 16.5. The van der Waals surface area contributed by atoms with Crippen molar-refractivity contribution in [2.75, 3.05) is 7.11 Å². The minimum atomic E-state index is -1.24. The number of methoxy groups -OCH3 is 1. The predicted molar refractivity (Wildman–Crippen MR) is 136 cm³/mol. The van der Waals surface area contributed by atoms with Gasteiger partial charge in [0, 0.05) is 34.2 Å². The molecule has 3 unspecified atom stereocenters. The molecule has 1 heterocycles. The van der Waals surface area contributed by atoms with Gasteiger partial charge in [-0.3, -0.25) is 9.59 Å². The summed E-state index contributed by atoms with van der Waals surface area (Å²) in [6, 6.07) is 3.96. The first kappa shape index (κ1) is 28.0. The van der Waals surface area contributed by atoms with Crippen LogP contribution in [0.3, 0.4) is 0 Å². The summed E-state index contributed by atoms with van der Waals surface area (Å²) in [7, 11) is 1.37. The second-order valence-electron chi connectivity index (χ2n) is 10.5. The van der Waals surface area contributed by atoms with Gasteiger partial charge in [0.15, 0.2) is 5.78 Å². The van der Waals surface area contributed by atoms with Crippen LogP contribution in [-0.2, 0) is 11.2 Å². The fourth-order valence-electron chi connectivity index (χ4n) is 6.17. The molecule has 11 heteroatoms. The van der Waals surface area contributed by atoms with Crippen molar-refractivity contribution in [1.82, 2.24) is 0 Å². The molecule has 10 N–H and O–H groups in total. The van der Waals surface area contributed by atoms with Crippen LogP contribution in [0.15, 0.2) is 18.2 Å². The Morgan fingerprint density at radius 1 is 1.13 bits per heavy atom. The highest BCUT2D eigenvalue weighted by Crippen LogP contribution is 2.53. The fourth-order valence-corrected chi connectivity index (χ4v) is 6.17. The summed E-state index contributed by atoms with van der Waals surface area (Å²) in [5.74, 6) is -2.69. The van der Waals surface area contributed by atoms with E-state index >= 15 is 0 Å². The van der Waals surface area contributed by atoms with Crippen molar-refractivity contribution >= 4 is 11.6 Å². The van der Waals surface area contributed by atoms with Gasteiger partial charge in [0.25, 0.3) is 0 Å². The van der Waals surface area contributed by atoms with E-state index in [1.54, 1.807) is 13.0 Å². The molecule has 1 aliphatic heterocycles. The van der Waals surface area contributed by atoms with Crippen LogP contribution >= 0.6 is 0 Å². The Morgan fingerprint density at radius 3 is 2.39 bits per heavy atom. The molecule has 0 bridgehead atoms. The maximum Gasteiger partial charge on any atom is 0.202 e. The van der Waals surface area contributed by atoms with Crippen molar-refractivity contribution in [3.8, 4) is 17.2 Å². The number of aromatic hydroxyl groups is 2. The van der Waals surface area contributed by atoms with Crippen molar-refractivity contribution in [2.45, 2.75) is 75.0 Å². The number of fused-ring (bicyclic) bond motifs is 3. The summed E-state index contributed by atoms with van der Waals surface area (Å²) in [6.07, 6.45) is -2.85. The van der Waals surface area contributed by atoms with Crippen LogP contribution in [0, 0.1) is 0 Å². The van der Waals surface area contributed by atoms with Gasteiger partial charge in [0.05, 0.1) is 48.2 Å². The number of aliphatic hydroxyl groups is 2. The summed E-state index contributed by atoms with van der Waals surface area (Å²) in [6.45, 7) is 3.22. The molecule has 11 nitrogen and oxygen atoms in total. The number of ketones is 2. The number of phenolic OH excluding ortho intramolecular Hbond substituents is 2. The molecule has 2 aromatic carbocycles. The molecule has 1 saturated heterocycles. The number of phenols is 2. The van der Waals surface area contributed by atoms with E-state index in [4.69, 9.17) is 20.9 Å². The number of carbonyl (C=O) groups is 2. The third-order valence-electron chi connectivity index (χ3n) is 8.33. The Balaban J connectivity index is 0.00000336. The van der Waals surface area contributed by atoms with E-state index < -0.39 is 65.0 Å². The lowest BCUT2D eigenvalue weighted by molar-refractivity contribution is -0.129. The van der Waals surface area contributed by atoms with Gasteiger partial charge in [-0.1, -0.05) is 12.1 Å². The smallest absolute Gasteiger partial charge is 0.202 e. The molecule has 3 aliphatic rings. The van der Waals surface area contributed by atoms with Crippen molar-refractivity contribution in [1.29, 1.82) is 0 Å². The Bertz CT molecular complexity index is 1300. The zero-order valence-electron chi connectivity index (χ0n) is 21.4. The minimum Gasteiger partial charge on any atom is -0.507 e. The van der Waals surface area contributed by atoms with E-state index in [9.17, 15) is 30.0 Å². The average Bonchev–Trinajstić information content (AvgIpc) is 2.86. The van der Waals surface area contributed by atoms with Gasteiger partial charge in [0.1, 0.15) is 17.2 Å². The lowest BCUT2D eigenvalue weighted by Gasteiger charge is -2.47. The molecule has 0 radical (unpaired) electrons. The number of aliphatic hydroxyl groups excluding tert-OH is 2. The lowest BCUT2D eigenvalue weighted by Crippen LogP contribution is -2.58. The van der Waals surface area contributed by atoms with Crippen LogP contribution in [0.2, 0.25) is 0 Å². The number of nitrogens with two attached hydrogens (primary N) is 2. The predicted octanol–water partition coefficient (Wildman–Crippen LogP) is 0.0308. The van der Waals surface area contributed by atoms with Crippen LogP contribution in [0.25, 0.3) is 0 Å². The molecular formula is C27H34N2O9. The lowest BCUT2D eigenvalue weighted by atomic mass is 9.65. The van der Waals surface area contributed by atoms with Crippen molar-refractivity contribution < 1.29 is 45.0 Å². The zero-order chi connectivity index (χ0) is 27.0. The molecule has 1 fully saturated rings. The SMILES string of the molecule is COc1cccc2c1C(=O)c1c(O)c3c(c(O)c1C2=O)C([C@H]1C[C@H](N)[C@@H](O)[C@@H](C)O1)CC(N)(C(C)O)C3.O. The molecule has 7 atom stereocenters. The molecule has 206 valence electrons. The molecule has 0 spiro atoms. The second-order valence-corrected chi connectivity index (χ2v) is 10.5. The van der Waals surface area contributed by atoms with Gasteiger partial charge < -0.3 is 46.8 Å². The maximum absolute atomic E-state index is 13.6. The monoisotopic (exact) mass is 530 g/mol. The topological polar surface area (TPSA) is 217 Å². The van der Waals surface area contributed by atoms with Crippen LogP contribution in [0.1, 0.15) is 75.6 Å². The first-order valence-corrected chi connectivity index (χ1v) is 12.3. The summed E-state index contributed by atoms with van der Waals surface area (Å²) in [5, 5.41) is 44.0. The van der Waals surface area contributed by atoms with Gasteiger partial charge in [-0.25, -0.2) is 0 Å². The summed E-state index contributed by atoms with van der Waals surface area (Å²) in [4.78, 5) is 27.3. The van der Waals surface area contributed by atoms with Gasteiger partial charge >= 0.3 is 0 Å². The number of hydrogen-bond acceptors (Lipinski definition) is 10. The summed E-state index contributed by atoms with van der Waals surface area (Å²) >= 11 is 0. The van der Waals surface area contributed by atoms with Gasteiger partial charge in [-0.15, -0.1) is 0 Å². The fraction of sp³-hybridized carbons (Fsp3) is 0.481. The molecular weight excluding hydrogens is 496 g/mol. The second kappa shape index (κ2) is 9.60. The van der Waals surface area contributed by atoms with Crippen molar-refractivity contribution in [3.05, 3.63) is 51.6 Å². The van der Waals surface area contributed by atoms with Gasteiger partial charge in [-0.2, -0.15) is 0 Å². The van der Waals surface area contributed by atoms with E-state index in [-0.39, 0.29) is 63.9 Å². The van der Waals surface area contributed by atoms with Crippen molar-refractivity contribution in [3.63, 3.8) is 0 Å². The summed E-state index contributed by atoms with van der Waals surface area (Å²) < 4.78 is 11.4. The number of benzene rings is 2. The number of carbonyl (C=O) groups excluding carboxylic acids is 2. The largest absolute Gasteiger partial charge is 0.507 e. The van der Waals surface area contributed by atoms with E-state index in [1.807, 2.05) is 0 Å². The Hall–Kier alpha value is -3.06. The average molecular weight is 531 g/mol. The van der Waals surface area contributed by atoms with E-state index in [0.29, 0.717) is 0 Å². The van der Waals surface area contributed by atoms with Crippen LogP contribution < -0.4 is 16.2 Å². The minimum absolute atomic E-state index is 0. The van der Waals surface area contributed by atoms with E-state index in [2.05, 4.69) is 0 Å². The quantitative estimate of drug-likeness (QED) is 0.250. The Labute approximate surface area is 219 Å². The standard InChI is InChI=1S/C27H32N2O8.H2O/c1-10-22(31)15(28)7-17(37-10)13-8-27(29,11(2)30)9-14-18(13)25(34)20-21(24(14)33)26(35)19-12(23(20)32)5-4-6-16(19)36-3;/h4-6,10-11,13,15,17,22,30-31,33-34H,7-9,28-29H2,1-3H3;1H2/t10-,11?,13?,15+,17-,22+,27?;/m1./s1. The third kappa shape index (κ3) is 3.89. The van der Waals surface area contributed by atoms with Gasteiger partial charge in [0.2, 0.25) is 5.78 Å². The Kier molecular flexibility index (Phi) is 7.06. The third-order valence-corrected chi connectivity index (χ3v) is 8.33. The molecule has 2 aliphatic carbocycles. The van der Waals surface area contributed by atoms with Gasteiger partial charge in [-0.05, 0) is 39.2 Å². The number of ether oxygens (including phenoxy) is 2. The molecule has 0 aromatic heterocycles. The zero-order valence-corrected chi connectivity index (χ0v) is 21.4. The van der Waals surface area contributed by atoms with Crippen LogP contribution in [-0.4, -0.2) is 80.6 Å². The molecule has 0 amide bonds.